The summed E-state index contributed by atoms with van der Waals surface area (Å²) in [7, 11) is 0. The zero-order valence-corrected chi connectivity index (χ0v) is 8.34. The molecule has 1 aromatic rings. The van der Waals surface area contributed by atoms with Gasteiger partial charge in [-0.1, -0.05) is 12.1 Å². The summed E-state index contributed by atoms with van der Waals surface area (Å²) in [5.41, 5.74) is 0.544. The van der Waals surface area contributed by atoms with Gasteiger partial charge in [-0.15, -0.1) is 11.8 Å². The van der Waals surface area contributed by atoms with Gasteiger partial charge >= 0.3 is 5.97 Å². The largest absolute Gasteiger partial charge is 0.476 e. The Bertz CT molecular complexity index is 357. The van der Waals surface area contributed by atoms with E-state index in [0.717, 1.165) is 11.0 Å². The maximum absolute atomic E-state index is 12.7. The lowest BCUT2D eigenvalue weighted by atomic mass is 10.2. The van der Waals surface area contributed by atoms with E-state index in [-0.39, 0.29) is 0 Å². The number of aliphatic carboxylic acids is 1. The van der Waals surface area contributed by atoms with Crippen LogP contribution in [0, 0.1) is 0 Å². The molecule has 74 valence electrons. The highest BCUT2D eigenvalue weighted by atomic mass is 32.2. The highest BCUT2D eigenvalue weighted by Crippen LogP contribution is 2.16. The quantitative estimate of drug-likeness (QED) is 0.618. The van der Waals surface area contributed by atoms with Crippen LogP contribution < -0.4 is 0 Å². The standard InChI is InChI=1S/C10H9FO2S/c1-14-8-4-2-7(3-5-8)6-9(11)10(12)13/h2-6H,1H3,(H,12,13). The molecule has 14 heavy (non-hydrogen) atoms. The van der Waals surface area contributed by atoms with Crippen LogP contribution in [-0.2, 0) is 4.79 Å². The third kappa shape index (κ3) is 2.88. The SMILES string of the molecule is CSc1ccc(C=C(F)C(=O)O)cc1. The fraction of sp³-hybridized carbons (Fsp3) is 0.100. The number of halogens is 1. The zero-order valence-electron chi connectivity index (χ0n) is 7.53. The normalized spacial score (nSPS) is 11.4. The van der Waals surface area contributed by atoms with Gasteiger partial charge in [0.05, 0.1) is 0 Å². The van der Waals surface area contributed by atoms with Crippen LogP contribution in [-0.4, -0.2) is 17.3 Å². The number of carboxylic acids is 1. The predicted molar refractivity (Wildman–Crippen MR) is 54.9 cm³/mol. The topological polar surface area (TPSA) is 37.3 Å². The van der Waals surface area contributed by atoms with E-state index in [1.54, 1.807) is 23.9 Å². The molecule has 0 unspecified atom stereocenters. The summed E-state index contributed by atoms with van der Waals surface area (Å²) < 4.78 is 12.7. The van der Waals surface area contributed by atoms with Crippen LogP contribution in [0.4, 0.5) is 4.39 Å². The van der Waals surface area contributed by atoms with E-state index in [1.807, 2.05) is 18.4 Å². The maximum atomic E-state index is 12.7. The molecular formula is C10H9FO2S. The van der Waals surface area contributed by atoms with Gasteiger partial charge in [0.25, 0.3) is 0 Å². The van der Waals surface area contributed by atoms with Gasteiger partial charge in [0.15, 0.2) is 0 Å². The summed E-state index contributed by atoms with van der Waals surface area (Å²) in [5.74, 6) is -2.69. The minimum Gasteiger partial charge on any atom is -0.476 e. The van der Waals surface area contributed by atoms with Crippen molar-refractivity contribution in [3.8, 4) is 0 Å². The molecule has 1 rings (SSSR count). The third-order valence-corrected chi connectivity index (χ3v) is 2.36. The fourth-order valence-corrected chi connectivity index (χ4v) is 1.32. The summed E-state index contributed by atoms with van der Waals surface area (Å²) in [6, 6.07) is 6.97. The Hall–Kier alpha value is -1.29. The molecule has 1 N–H and O–H groups in total. The van der Waals surface area contributed by atoms with E-state index in [0.29, 0.717) is 5.56 Å². The van der Waals surface area contributed by atoms with Gasteiger partial charge in [-0.05, 0) is 30.0 Å². The molecule has 0 atom stereocenters. The predicted octanol–water partition coefficient (Wildman–Crippen LogP) is 2.80. The molecule has 0 aliphatic rings. The fourth-order valence-electron chi connectivity index (χ4n) is 0.908. The highest BCUT2D eigenvalue weighted by Gasteiger charge is 2.04. The van der Waals surface area contributed by atoms with Crippen molar-refractivity contribution < 1.29 is 14.3 Å². The molecule has 0 saturated heterocycles. The molecule has 0 heterocycles. The first kappa shape index (κ1) is 10.8. The van der Waals surface area contributed by atoms with E-state index >= 15 is 0 Å². The van der Waals surface area contributed by atoms with Crippen molar-refractivity contribution in [1.82, 2.24) is 0 Å². The summed E-state index contributed by atoms with van der Waals surface area (Å²) in [4.78, 5) is 11.2. The van der Waals surface area contributed by atoms with Gasteiger partial charge in [-0.3, -0.25) is 0 Å². The maximum Gasteiger partial charge on any atom is 0.364 e. The van der Waals surface area contributed by atoms with Crippen LogP contribution in [0.3, 0.4) is 0 Å². The molecule has 2 nitrogen and oxygen atoms in total. The molecule has 4 heteroatoms. The first-order valence-corrected chi connectivity index (χ1v) is 5.10. The Morgan fingerprint density at radius 1 is 1.43 bits per heavy atom. The molecule has 0 aliphatic heterocycles. The summed E-state index contributed by atoms with van der Waals surface area (Å²) >= 11 is 1.57. The van der Waals surface area contributed by atoms with E-state index in [4.69, 9.17) is 5.11 Å². The third-order valence-electron chi connectivity index (χ3n) is 1.61. The van der Waals surface area contributed by atoms with Crippen LogP contribution in [0.25, 0.3) is 6.08 Å². The number of hydrogen-bond acceptors (Lipinski definition) is 2. The van der Waals surface area contributed by atoms with Crippen LogP contribution >= 0.6 is 11.8 Å². The Kier molecular flexibility index (Phi) is 3.71. The van der Waals surface area contributed by atoms with Crippen LogP contribution in [0.1, 0.15) is 5.56 Å². The van der Waals surface area contributed by atoms with E-state index < -0.39 is 11.8 Å². The van der Waals surface area contributed by atoms with Crippen LogP contribution in [0.5, 0.6) is 0 Å². The first-order valence-electron chi connectivity index (χ1n) is 3.88. The first-order chi connectivity index (χ1) is 6.63. The average Bonchev–Trinajstić information content (AvgIpc) is 2.19. The van der Waals surface area contributed by atoms with E-state index in [9.17, 15) is 9.18 Å². The highest BCUT2D eigenvalue weighted by molar-refractivity contribution is 7.98. The Balaban J connectivity index is 2.88. The van der Waals surface area contributed by atoms with Gasteiger partial charge in [-0.25, -0.2) is 4.79 Å². The molecule has 0 spiro atoms. The molecule has 0 fully saturated rings. The summed E-state index contributed by atoms with van der Waals surface area (Å²) in [5, 5.41) is 8.30. The van der Waals surface area contributed by atoms with Crippen molar-refractivity contribution in [3.63, 3.8) is 0 Å². The lowest BCUT2D eigenvalue weighted by Gasteiger charge is -1.96. The van der Waals surface area contributed by atoms with Gasteiger partial charge in [0, 0.05) is 4.90 Å². The average molecular weight is 212 g/mol. The Labute approximate surface area is 85.4 Å². The van der Waals surface area contributed by atoms with Gasteiger partial charge in [0.2, 0.25) is 5.83 Å². The number of benzene rings is 1. The molecule has 1 aromatic carbocycles. The van der Waals surface area contributed by atoms with Crippen molar-refractivity contribution in [1.29, 1.82) is 0 Å². The van der Waals surface area contributed by atoms with Crippen LogP contribution in [0.15, 0.2) is 35.0 Å². The van der Waals surface area contributed by atoms with Crippen molar-refractivity contribution in [2.75, 3.05) is 6.26 Å². The zero-order chi connectivity index (χ0) is 10.6. The number of carbonyl (C=O) groups is 1. The molecule has 0 saturated carbocycles. The number of rotatable bonds is 3. The van der Waals surface area contributed by atoms with Crippen molar-refractivity contribution >= 4 is 23.8 Å². The monoisotopic (exact) mass is 212 g/mol. The number of thioether (sulfide) groups is 1. The van der Waals surface area contributed by atoms with Gasteiger partial charge in [0.1, 0.15) is 0 Å². The van der Waals surface area contributed by atoms with Crippen molar-refractivity contribution in [2.24, 2.45) is 0 Å². The minimum atomic E-state index is -1.54. The summed E-state index contributed by atoms with van der Waals surface area (Å²) in [6.45, 7) is 0. The van der Waals surface area contributed by atoms with Gasteiger partial charge in [-0.2, -0.15) is 4.39 Å². The van der Waals surface area contributed by atoms with Crippen molar-refractivity contribution in [3.05, 3.63) is 35.7 Å². The second kappa shape index (κ2) is 4.81. The van der Waals surface area contributed by atoms with E-state index in [1.165, 1.54) is 0 Å². The molecule has 0 amide bonds. The number of hydrogen-bond donors (Lipinski definition) is 1. The summed E-state index contributed by atoms with van der Waals surface area (Å²) in [6.07, 6.45) is 2.93. The second-order valence-corrected chi connectivity index (χ2v) is 3.45. The number of carboxylic acid groups (broad SMARTS) is 1. The lowest BCUT2D eigenvalue weighted by molar-refractivity contribution is -0.134. The molecule has 0 aromatic heterocycles. The molecule has 0 bridgehead atoms. The smallest absolute Gasteiger partial charge is 0.364 e. The Morgan fingerprint density at radius 2 is 2.00 bits per heavy atom. The molecule has 0 radical (unpaired) electrons. The lowest BCUT2D eigenvalue weighted by Crippen LogP contribution is -1.93. The minimum absolute atomic E-state index is 0.544. The Morgan fingerprint density at radius 3 is 2.43 bits per heavy atom. The van der Waals surface area contributed by atoms with Crippen molar-refractivity contribution in [2.45, 2.75) is 4.90 Å². The molecule has 0 aliphatic carbocycles. The van der Waals surface area contributed by atoms with Crippen LogP contribution in [0.2, 0.25) is 0 Å². The second-order valence-electron chi connectivity index (χ2n) is 2.57. The molecular weight excluding hydrogens is 203 g/mol. The van der Waals surface area contributed by atoms with E-state index in [2.05, 4.69) is 0 Å². The van der Waals surface area contributed by atoms with Gasteiger partial charge < -0.3 is 5.11 Å².